The van der Waals surface area contributed by atoms with Crippen molar-refractivity contribution in [3.63, 3.8) is 0 Å². The molecule has 110 valence electrons. The molecule has 0 aliphatic heterocycles. The Morgan fingerprint density at radius 3 is 2.75 bits per heavy atom. The van der Waals surface area contributed by atoms with Crippen LogP contribution in [0.4, 0.5) is 5.69 Å². The number of rotatable bonds is 6. The van der Waals surface area contributed by atoms with Gasteiger partial charge in [0.1, 0.15) is 5.56 Å². The molecule has 0 saturated carbocycles. The second-order valence-corrected chi connectivity index (χ2v) is 5.15. The maximum Gasteiger partial charge on any atom is 0.283 e. The second-order valence-electron chi connectivity index (χ2n) is 4.13. The zero-order valence-corrected chi connectivity index (χ0v) is 12.5. The topological polar surface area (TPSA) is 72.7 Å². The van der Waals surface area contributed by atoms with Crippen LogP contribution >= 0.6 is 23.2 Å². The molecule has 0 fully saturated rings. The number of carbonyl (C=O) groups excluding carboxylic acids is 1. The van der Waals surface area contributed by atoms with Crippen LogP contribution in [0, 0.1) is 10.1 Å². The molecule has 0 N–H and O–H groups in total. The third-order valence-corrected chi connectivity index (χ3v) is 3.15. The zero-order valence-electron chi connectivity index (χ0n) is 11.0. The molecule has 0 heterocycles. The van der Waals surface area contributed by atoms with Gasteiger partial charge in [0.15, 0.2) is 0 Å². The molecular formula is C12H14Cl2N2O4. The predicted octanol–water partition coefficient (Wildman–Crippen LogP) is 2.57. The summed E-state index contributed by atoms with van der Waals surface area (Å²) in [6, 6.07) is 4.09. The van der Waals surface area contributed by atoms with E-state index in [1.54, 1.807) is 0 Å². The fourth-order valence-electron chi connectivity index (χ4n) is 1.68. The van der Waals surface area contributed by atoms with Crippen molar-refractivity contribution in [3.05, 3.63) is 38.9 Å². The highest BCUT2D eigenvalue weighted by molar-refractivity contribution is 6.34. The average molecular weight is 321 g/mol. The van der Waals surface area contributed by atoms with Gasteiger partial charge in [-0.15, -0.1) is 11.6 Å². The maximum atomic E-state index is 12.3. The van der Waals surface area contributed by atoms with Gasteiger partial charge in [0.2, 0.25) is 0 Å². The molecule has 0 radical (unpaired) electrons. The molecule has 1 amide bonds. The summed E-state index contributed by atoms with van der Waals surface area (Å²) in [5.41, 5.74) is -0.463. The van der Waals surface area contributed by atoms with Crippen LogP contribution in [0.1, 0.15) is 10.4 Å². The molecule has 0 bridgehead atoms. The van der Waals surface area contributed by atoms with E-state index in [1.807, 2.05) is 0 Å². The number of hydrogen-bond acceptors (Lipinski definition) is 4. The van der Waals surface area contributed by atoms with Crippen LogP contribution < -0.4 is 0 Å². The number of halogens is 2. The van der Waals surface area contributed by atoms with E-state index in [1.165, 1.54) is 37.3 Å². The highest BCUT2D eigenvalue weighted by Crippen LogP contribution is 2.27. The maximum absolute atomic E-state index is 12.3. The minimum absolute atomic E-state index is 0.0360. The Balaban J connectivity index is 3.00. The largest absolute Gasteiger partial charge is 0.383 e. The summed E-state index contributed by atoms with van der Waals surface area (Å²) in [4.78, 5) is 23.9. The van der Waals surface area contributed by atoms with Crippen molar-refractivity contribution in [2.45, 2.75) is 5.38 Å². The quantitative estimate of drug-likeness (QED) is 0.458. The Kier molecular flexibility index (Phi) is 6.19. The molecule has 20 heavy (non-hydrogen) atoms. The Labute approximate surface area is 126 Å². The molecule has 1 aromatic carbocycles. The van der Waals surface area contributed by atoms with Crippen LogP contribution in [0.2, 0.25) is 5.02 Å². The fraction of sp³-hybridized carbons (Fsp3) is 0.417. The van der Waals surface area contributed by atoms with Gasteiger partial charge >= 0.3 is 0 Å². The zero-order chi connectivity index (χ0) is 15.3. The van der Waals surface area contributed by atoms with Crippen molar-refractivity contribution in [1.29, 1.82) is 0 Å². The van der Waals surface area contributed by atoms with Crippen molar-refractivity contribution >= 4 is 34.8 Å². The van der Waals surface area contributed by atoms with Crippen LogP contribution in [0.3, 0.4) is 0 Å². The first-order chi connectivity index (χ1) is 9.38. The number of alkyl halides is 1. The molecule has 0 spiro atoms. The van der Waals surface area contributed by atoms with Gasteiger partial charge in [0.25, 0.3) is 11.6 Å². The van der Waals surface area contributed by atoms with Gasteiger partial charge in [-0.2, -0.15) is 0 Å². The third kappa shape index (κ3) is 4.06. The van der Waals surface area contributed by atoms with E-state index < -0.39 is 16.2 Å². The summed E-state index contributed by atoms with van der Waals surface area (Å²) < 4.78 is 4.87. The number of nitro groups is 1. The molecule has 0 saturated heterocycles. The van der Waals surface area contributed by atoms with Crippen LogP contribution in [0.25, 0.3) is 0 Å². The Bertz CT molecular complexity index is 510. The van der Waals surface area contributed by atoms with E-state index >= 15 is 0 Å². The Morgan fingerprint density at radius 2 is 2.20 bits per heavy atom. The number of hydrogen-bond donors (Lipinski definition) is 0. The van der Waals surface area contributed by atoms with Crippen LogP contribution in [0.5, 0.6) is 0 Å². The normalized spacial score (nSPS) is 12.0. The average Bonchev–Trinajstić information content (AvgIpc) is 2.37. The molecule has 6 nitrogen and oxygen atoms in total. The van der Waals surface area contributed by atoms with Crippen molar-refractivity contribution in [1.82, 2.24) is 4.90 Å². The first kappa shape index (κ1) is 16.7. The highest BCUT2D eigenvalue weighted by atomic mass is 35.5. The lowest BCUT2D eigenvalue weighted by atomic mass is 10.1. The summed E-state index contributed by atoms with van der Waals surface area (Å²) in [6.07, 6.45) is 0. The fourth-order valence-corrected chi connectivity index (χ4v) is 2.26. The second kappa shape index (κ2) is 7.42. The first-order valence-electron chi connectivity index (χ1n) is 5.69. The van der Waals surface area contributed by atoms with Crippen LogP contribution in [-0.2, 0) is 4.74 Å². The molecule has 1 unspecified atom stereocenters. The molecule has 1 aromatic rings. The number of nitro benzene ring substituents is 1. The van der Waals surface area contributed by atoms with Gasteiger partial charge in [0, 0.05) is 26.8 Å². The van der Waals surface area contributed by atoms with Gasteiger partial charge < -0.3 is 9.64 Å². The SMILES string of the molecule is COCC(Cl)CN(C)C(=O)c1c(Cl)cccc1[N+](=O)[O-]. The minimum atomic E-state index is -0.639. The molecule has 0 aliphatic carbocycles. The lowest BCUT2D eigenvalue weighted by molar-refractivity contribution is -0.385. The van der Waals surface area contributed by atoms with Crippen LogP contribution in [-0.4, -0.2) is 48.4 Å². The standard InChI is InChI=1S/C12H14Cl2N2O4/c1-15(6-8(13)7-20-2)12(17)11-9(14)4-3-5-10(11)16(18)19/h3-5,8H,6-7H2,1-2H3. The van der Waals surface area contributed by atoms with E-state index in [4.69, 9.17) is 27.9 Å². The lowest BCUT2D eigenvalue weighted by Gasteiger charge is -2.20. The molecule has 1 atom stereocenters. The molecule has 1 rings (SSSR count). The molecule has 0 aliphatic rings. The van der Waals surface area contributed by atoms with E-state index in [-0.39, 0.29) is 29.4 Å². The summed E-state index contributed by atoms with van der Waals surface area (Å²) in [7, 11) is 3.00. The summed E-state index contributed by atoms with van der Waals surface area (Å²) in [5.74, 6) is -0.552. The monoisotopic (exact) mass is 320 g/mol. The summed E-state index contributed by atoms with van der Waals surface area (Å²) in [6.45, 7) is 0.459. The predicted molar refractivity (Wildman–Crippen MR) is 76.6 cm³/mol. The summed E-state index contributed by atoms with van der Waals surface area (Å²) >= 11 is 11.9. The van der Waals surface area contributed by atoms with Crippen molar-refractivity contribution in [3.8, 4) is 0 Å². The van der Waals surface area contributed by atoms with Gasteiger partial charge in [-0.05, 0) is 6.07 Å². The number of ether oxygens (including phenoxy) is 1. The summed E-state index contributed by atoms with van der Waals surface area (Å²) in [5, 5.41) is 10.6. The first-order valence-corrected chi connectivity index (χ1v) is 6.51. The van der Waals surface area contributed by atoms with Gasteiger partial charge in [-0.1, -0.05) is 17.7 Å². The van der Waals surface area contributed by atoms with Crippen LogP contribution in [0.15, 0.2) is 18.2 Å². The number of benzene rings is 1. The Morgan fingerprint density at radius 1 is 1.55 bits per heavy atom. The van der Waals surface area contributed by atoms with Gasteiger partial charge in [0.05, 0.1) is 21.9 Å². The van der Waals surface area contributed by atoms with Gasteiger partial charge in [-0.25, -0.2) is 0 Å². The lowest BCUT2D eigenvalue weighted by Crippen LogP contribution is -2.34. The van der Waals surface area contributed by atoms with E-state index in [9.17, 15) is 14.9 Å². The van der Waals surface area contributed by atoms with E-state index in [0.717, 1.165) is 0 Å². The molecule has 0 aromatic heterocycles. The molecular weight excluding hydrogens is 307 g/mol. The third-order valence-electron chi connectivity index (χ3n) is 2.57. The van der Waals surface area contributed by atoms with Crippen molar-refractivity contribution in [2.24, 2.45) is 0 Å². The van der Waals surface area contributed by atoms with E-state index in [2.05, 4.69) is 0 Å². The minimum Gasteiger partial charge on any atom is -0.383 e. The van der Waals surface area contributed by atoms with E-state index in [0.29, 0.717) is 0 Å². The number of amides is 1. The Hall–Kier alpha value is -1.37. The van der Waals surface area contributed by atoms with Crippen molar-refractivity contribution in [2.75, 3.05) is 27.3 Å². The van der Waals surface area contributed by atoms with Gasteiger partial charge in [-0.3, -0.25) is 14.9 Å². The smallest absolute Gasteiger partial charge is 0.283 e. The number of methoxy groups -OCH3 is 1. The number of carbonyl (C=O) groups is 1. The highest BCUT2D eigenvalue weighted by Gasteiger charge is 2.26. The molecule has 8 heteroatoms. The number of nitrogens with zero attached hydrogens (tertiary/aromatic N) is 2. The van der Waals surface area contributed by atoms with Crippen molar-refractivity contribution < 1.29 is 14.5 Å².